The van der Waals surface area contributed by atoms with E-state index < -0.39 is 66.6 Å². The van der Waals surface area contributed by atoms with Crippen LogP contribution in [0.5, 0.6) is 0 Å². The number of ether oxygens (including phenoxy) is 3. The second kappa shape index (κ2) is 7.84. The molecule has 2 fully saturated rings. The first kappa shape index (κ1) is 19.9. The molecule has 2 rings (SSSR count). The lowest BCUT2D eigenvalue weighted by Crippen LogP contribution is -2.61. The molecule has 0 aromatic carbocycles. The lowest BCUT2D eigenvalue weighted by Gasteiger charge is -2.43. The van der Waals surface area contributed by atoms with E-state index in [1.807, 2.05) is 0 Å². The third-order valence-electron chi connectivity index (χ3n) is 3.96. The van der Waals surface area contributed by atoms with E-state index in [1.54, 1.807) is 0 Å². The monoisotopic (exact) mass is 396 g/mol. The summed E-state index contributed by atoms with van der Waals surface area (Å²) in [7, 11) is 0. The summed E-state index contributed by atoms with van der Waals surface area (Å²) in [5, 5.41) is 48.1. The van der Waals surface area contributed by atoms with Gasteiger partial charge in [-0.2, -0.15) is 0 Å². The van der Waals surface area contributed by atoms with E-state index in [2.05, 4.69) is 0 Å². The first-order valence-corrected chi connectivity index (χ1v) is 8.42. The average molecular weight is 398 g/mol. The molecule has 2 aliphatic heterocycles. The maximum Gasteiger partial charge on any atom is 0.214 e. The van der Waals surface area contributed by atoms with Gasteiger partial charge >= 0.3 is 0 Å². The zero-order valence-corrected chi connectivity index (χ0v) is 14.1. The SMILES string of the molecule is OCC1O[C@@H](O[C@@]2(CCl)O[C@@H](CCl)C(O)[C@H]2O)C(O)[C@@H](O)[C@H]1Cl. The van der Waals surface area contributed by atoms with Gasteiger partial charge in [-0.1, -0.05) is 0 Å². The predicted octanol–water partition coefficient (Wildman–Crippen LogP) is -1.66. The van der Waals surface area contributed by atoms with Gasteiger partial charge in [0.15, 0.2) is 6.29 Å². The molecule has 3 unspecified atom stereocenters. The van der Waals surface area contributed by atoms with Crippen molar-refractivity contribution in [1.82, 2.24) is 0 Å². The molecule has 0 saturated carbocycles. The smallest absolute Gasteiger partial charge is 0.214 e. The van der Waals surface area contributed by atoms with Crippen LogP contribution in [0.15, 0.2) is 0 Å². The molecule has 0 radical (unpaired) electrons. The highest BCUT2D eigenvalue weighted by atomic mass is 35.5. The summed E-state index contributed by atoms with van der Waals surface area (Å²) in [6.07, 6.45) is -9.39. The average Bonchev–Trinajstić information content (AvgIpc) is 2.80. The molecule has 136 valence electrons. The first-order chi connectivity index (χ1) is 10.8. The van der Waals surface area contributed by atoms with Gasteiger partial charge < -0.3 is 39.7 Å². The summed E-state index contributed by atoms with van der Waals surface area (Å²) in [5.74, 6) is -2.43. The molecular weight excluding hydrogens is 378 g/mol. The molecule has 9 atom stereocenters. The van der Waals surface area contributed by atoms with Crippen molar-refractivity contribution in [2.75, 3.05) is 18.4 Å². The summed E-state index contributed by atoms with van der Waals surface area (Å²) in [6, 6.07) is 0. The molecule has 2 aliphatic rings. The molecule has 5 N–H and O–H groups in total. The molecule has 0 aliphatic carbocycles. The van der Waals surface area contributed by atoms with Crippen LogP contribution in [0.3, 0.4) is 0 Å². The summed E-state index contributed by atoms with van der Waals surface area (Å²) < 4.78 is 16.1. The van der Waals surface area contributed by atoms with Gasteiger partial charge in [-0.05, 0) is 0 Å². The highest BCUT2D eigenvalue weighted by Crippen LogP contribution is 2.37. The van der Waals surface area contributed by atoms with Crippen molar-refractivity contribution in [1.29, 1.82) is 0 Å². The molecule has 8 nitrogen and oxygen atoms in total. The predicted molar refractivity (Wildman–Crippen MR) is 79.5 cm³/mol. The molecule has 0 aromatic heterocycles. The molecule has 2 saturated heterocycles. The molecule has 11 heteroatoms. The van der Waals surface area contributed by atoms with E-state index in [4.69, 9.17) is 49.0 Å². The molecule has 0 amide bonds. The number of halogens is 3. The fourth-order valence-corrected chi connectivity index (χ4v) is 3.37. The van der Waals surface area contributed by atoms with Gasteiger partial charge in [0.2, 0.25) is 5.79 Å². The Labute approximate surface area is 147 Å². The lowest BCUT2D eigenvalue weighted by molar-refractivity contribution is -0.357. The van der Waals surface area contributed by atoms with E-state index in [-0.39, 0.29) is 5.88 Å². The molecule has 0 bridgehead atoms. The summed E-state index contributed by atoms with van der Waals surface area (Å²) >= 11 is 17.3. The highest BCUT2D eigenvalue weighted by Gasteiger charge is 2.58. The third-order valence-corrected chi connectivity index (χ3v) is 5.17. The zero-order valence-electron chi connectivity index (χ0n) is 11.8. The van der Waals surface area contributed by atoms with Crippen LogP contribution in [0.1, 0.15) is 0 Å². The van der Waals surface area contributed by atoms with E-state index in [1.165, 1.54) is 0 Å². The Kier molecular flexibility index (Phi) is 6.77. The summed E-state index contributed by atoms with van der Waals surface area (Å²) in [5.41, 5.74) is 0. The van der Waals surface area contributed by atoms with Gasteiger partial charge in [0, 0.05) is 0 Å². The van der Waals surface area contributed by atoms with Crippen molar-refractivity contribution in [2.45, 2.75) is 54.1 Å². The molecule has 0 spiro atoms. The molecule has 0 aromatic rings. The van der Waals surface area contributed by atoms with Crippen molar-refractivity contribution in [2.24, 2.45) is 0 Å². The van der Waals surface area contributed by atoms with Crippen LogP contribution in [0.4, 0.5) is 0 Å². The van der Waals surface area contributed by atoms with Gasteiger partial charge in [-0.25, -0.2) is 0 Å². The Morgan fingerprint density at radius 2 is 1.65 bits per heavy atom. The van der Waals surface area contributed by atoms with Crippen LogP contribution in [-0.2, 0) is 14.2 Å². The first-order valence-electron chi connectivity index (χ1n) is 6.91. The normalized spacial score (nSPS) is 51.1. The number of rotatable bonds is 5. The molecular formula is C12H19Cl3O8. The number of aliphatic hydroxyl groups is 5. The summed E-state index contributed by atoms with van der Waals surface area (Å²) in [4.78, 5) is 0. The highest BCUT2D eigenvalue weighted by molar-refractivity contribution is 6.21. The Balaban J connectivity index is 2.18. The number of aliphatic hydroxyl groups excluding tert-OH is 5. The second-order valence-corrected chi connectivity index (χ2v) is 6.54. The van der Waals surface area contributed by atoms with Crippen LogP contribution in [0.25, 0.3) is 0 Å². The maximum absolute atomic E-state index is 10.1. The molecule has 23 heavy (non-hydrogen) atoms. The third kappa shape index (κ3) is 3.58. The largest absolute Gasteiger partial charge is 0.394 e. The van der Waals surface area contributed by atoms with Crippen LogP contribution in [0.2, 0.25) is 0 Å². The maximum atomic E-state index is 10.1. The summed E-state index contributed by atoms with van der Waals surface area (Å²) in [6.45, 7) is -0.526. The van der Waals surface area contributed by atoms with Crippen LogP contribution in [0, 0.1) is 0 Å². The van der Waals surface area contributed by atoms with Gasteiger partial charge in [0.25, 0.3) is 0 Å². The number of hydrogen-bond acceptors (Lipinski definition) is 8. The Bertz CT molecular complexity index is 403. The Hall–Kier alpha value is 0.550. The van der Waals surface area contributed by atoms with Crippen molar-refractivity contribution in [3.8, 4) is 0 Å². The van der Waals surface area contributed by atoms with Crippen LogP contribution in [-0.4, -0.2) is 98.0 Å². The Morgan fingerprint density at radius 3 is 2.13 bits per heavy atom. The van der Waals surface area contributed by atoms with Crippen LogP contribution >= 0.6 is 34.8 Å². The Morgan fingerprint density at radius 1 is 1.00 bits per heavy atom. The number of hydrogen-bond donors (Lipinski definition) is 5. The van der Waals surface area contributed by atoms with Gasteiger partial charge in [-0.3, -0.25) is 0 Å². The second-order valence-electron chi connectivity index (χ2n) is 5.46. The van der Waals surface area contributed by atoms with Crippen molar-refractivity contribution in [3.05, 3.63) is 0 Å². The topological polar surface area (TPSA) is 129 Å². The van der Waals surface area contributed by atoms with Gasteiger partial charge in [-0.15, -0.1) is 34.8 Å². The van der Waals surface area contributed by atoms with E-state index in [0.717, 1.165) is 0 Å². The standard InChI is InChI=1S/C12H19Cl3O8/c13-1-4-7(17)10(20)12(3-14,22-4)23-11-9(19)8(18)6(15)5(2-16)21-11/h4-11,16-20H,1-3H2/t4-,5?,6-,7?,8-,9?,10+,11-,12+/m0/s1. The van der Waals surface area contributed by atoms with E-state index in [0.29, 0.717) is 0 Å². The zero-order chi connectivity index (χ0) is 17.4. The van der Waals surface area contributed by atoms with Gasteiger partial charge in [0.1, 0.15) is 36.6 Å². The fourth-order valence-electron chi connectivity index (χ4n) is 2.56. The quantitative estimate of drug-likeness (QED) is 0.349. The van der Waals surface area contributed by atoms with Crippen molar-refractivity contribution in [3.63, 3.8) is 0 Å². The van der Waals surface area contributed by atoms with Crippen molar-refractivity contribution < 1.29 is 39.7 Å². The minimum Gasteiger partial charge on any atom is -0.394 e. The van der Waals surface area contributed by atoms with Gasteiger partial charge in [0.05, 0.1) is 23.7 Å². The lowest BCUT2D eigenvalue weighted by atomic mass is 10.0. The van der Waals surface area contributed by atoms with E-state index >= 15 is 0 Å². The molecule has 2 heterocycles. The van der Waals surface area contributed by atoms with Crippen molar-refractivity contribution >= 4 is 34.8 Å². The minimum absolute atomic E-state index is 0.125. The fraction of sp³-hybridized carbons (Fsp3) is 1.00. The number of alkyl halides is 3. The van der Waals surface area contributed by atoms with E-state index in [9.17, 15) is 25.5 Å². The van der Waals surface area contributed by atoms with Crippen LogP contribution < -0.4 is 0 Å². The minimum atomic E-state index is -1.90.